The molecule has 230 valence electrons. The standard InChI is InChI=1S/C27H32O15/c1-9-17(31)20(34)22(36)26(38-9)42-25-19(33)16-13(39-24(25)10-2-4-11(29)5-3-10)6-12(30)7-14(16)40-27-23(37)21(35)18(32)15(8-28)41-27/h2-7,9,15,17-18,20-32,34-37H,8H2,1H3/t9-,15+,17-,18+,20+,21-,22+,23+,24?,25?,26-,27+/m0/s1. The summed E-state index contributed by atoms with van der Waals surface area (Å²) in [6, 6.07) is 7.68. The Morgan fingerprint density at radius 3 is 2.10 bits per heavy atom. The van der Waals surface area contributed by atoms with Gasteiger partial charge >= 0.3 is 0 Å². The summed E-state index contributed by atoms with van der Waals surface area (Å²) in [4.78, 5) is 14.1. The number of phenolic OH excluding ortho intramolecular Hbond substituents is 2. The molecule has 0 saturated carbocycles. The molecule has 42 heavy (non-hydrogen) atoms. The van der Waals surface area contributed by atoms with Gasteiger partial charge in [-0.15, -0.1) is 0 Å². The van der Waals surface area contributed by atoms with Crippen molar-refractivity contribution in [1.29, 1.82) is 0 Å². The molecular formula is C27H32O15. The number of fused-ring (bicyclic) bond motifs is 1. The molecule has 3 aliphatic heterocycles. The number of aliphatic hydroxyl groups is 7. The van der Waals surface area contributed by atoms with Gasteiger partial charge in [0.25, 0.3) is 0 Å². The van der Waals surface area contributed by atoms with Gasteiger partial charge < -0.3 is 69.6 Å². The lowest BCUT2D eigenvalue weighted by Gasteiger charge is -2.42. The normalized spacial score (nSPS) is 38.4. The van der Waals surface area contributed by atoms with Crippen molar-refractivity contribution in [3.05, 3.63) is 47.5 Å². The first kappa shape index (κ1) is 30.4. The lowest BCUT2D eigenvalue weighted by atomic mass is 9.92. The summed E-state index contributed by atoms with van der Waals surface area (Å²) in [6.45, 7) is 0.690. The Morgan fingerprint density at radius 2 is 1.43 bits per heavy atom. The first-order valence-electron chi connectivity index (χ1n) is 13.1. The Kier molecular flexibility index (Phi) is 8.60. The Labute approximate surface area is 238 Å². The van der Waals surface area contributed by atoms with E-state index in [0.717, 1.165) is 12.1 Å². The monoisotopic (exact) mass is 596 g/mol. The summed E-state index contributed by atoms with van der Waals surface area (Å²) in [5.41, 5.74) is 0.0270. The number of phenols is 2. The number of hydrogen-bond donors (Lipinski definition) is 9. The number of aromatic hydroxyl groups is 2. The highest BCUT2D eigenvalue weighted by molar-refractivity contribution is 6.06. The summed E-state index contributed by atoms with van der Waals surface area (Å²) in [7, 11) is 0. The molecule has 3 heterocycles. The minimum atomic E-state index is -1.84. The average Bonchev–Trinajstić information content (AvgIpc) is 2.96. The SMILES string of the molecule is C[C@@H]1O[C@@H](OC2C(=O)c3c(cc(O)cc3O[C@@H]3O[C@H](CO)[C@@H](O)[C@H](O)[C@H]3O)OC2c2ccc(O)cc2)[C@H](O)[C@H](O)[C@H]1O. The lowest BCUT2D eigenvalue weighted by Crippen LogP contribution is -2.60. The molecule has 5 rings (SSSR count). The number of ketones is 1. The number of rotatable bonds is 6. The molecule has 2 unspecified atom stereocenters. The molecule has 9 N–H and O–H groups in total. The molecule has 12 atom stereocenters. The Balaban J connectivity index is 1.52. The first-order chi connectivity index (χ1) is 19.9. The molecule has 3 aliphatic rings. The minimum Gasteiger partial charge on any atom is -0.508 e. The third-order valence-electron chi connectivity index (χ3n) is 7.49. The predicted octanol–water partition coefficient (Wildman–Crippen LogP) is -2.19. The number of benzene rings is 2. The first-order valence-corrected chi connectivity index (χ1v) is 13.1. The van der Waals surface area contributed by atoms with E-state index in [2.05, 4.69) is 0 Å². The lowest BCUT2D eigenvalue weighted by molar-refractivity contribution is -0.304. The van der Waals surface area contributed by atoms with Crippen molar-refractivity contribution in [2.75, 3.05) is 6.61 Å². The number of hydrogen-bond acceptors (Lipinski definition) is 15. The van der Waals surface area contributed by atoms with Crippen LogP contribution in [0.2, 0.25) is 0 Å². The van der Waals surface area contributed by atoms with Crippen molar-refractivity contribution in [3.8, 4) is 23.0 Å². The second-order valence-corrected chi connectivity index (χ2v) is 10.4. The van der Waals surface area contributed by atoms with Crippen molar-refractivity contribution in [1.82, 2.24) is 0 Å². The van der Waals surface area contributed by atoms with E-state index in [4.69, 9.17) is 23.7 Å². The van der Waals surface area contributed by atoms with E-state index >= 15 is 0 Å². The Bertz CT molecular complexity index is 1270. The third kappa shape index (κ3) is 5.51. The average molecular weight is 597 g/mol. The Hall–Kier alpha value is -3.09. The highest BCUT2D eigenvalue weighted by Gasteiger charge is 2.49. The summed E-state index contributed by atoms with van der Waals surface area (Å²) < 4.78 is 28.5. The van der Waals surface area contributed by atoms with Gasteiger partial charge in [0.15, 0.2) is 18.5 Å². The van der Waals surface area contributed by atoms with Gasteiger partial charge in [-0.3, -0.25) is 4.79 Å². The Morgan fingerprint density at radius 1 is 0.786 bits per heavy atom. The molecule has 0 amide bonds. The van der Waals surface area contributed by atoms with E-state index in [1.807, 2.05) is 0 Å². The fraction of sp³-hybridized carbons (Fsp3) is 0.519. The van der Waals surface area contributed by atoms with Gasteiger partial charge in [0.2, 0.25) is 12.1 Å². The smallest absolute Gasteiger partial charge is 0.229 e. The highest BCUT2D eigenvalue weighted by atomic mass is 16.7. The molecule has 0 radical (unpaired) electrons. The molecule has 0 bridgehead atoms. The molecular weight excluding hydrogens is 564 g/mol. The number of carbonyl (C=O) groups is 1. The van der Waals surface area contributed by atoms with Gasteiger partial charge in [-0.1, -0.05) is 12.1 Å². The molecule has 2 saturated heterocycles. The largest absolute Gasteiger partial charge is 0.508 e. The van der Waals surface area contributed by atoms with Gasteiger partial charge in [-0.25, -0.2) is 0 Å². The minimum absolute atomic E-state index is 0.0800. The molecule has 0 aliphatic carbocycles. The van der Waals surface area contributed by atoms with Gasteiger partial charge in [0.1, 0.15) is 71.3 Å². The van der Waals surface area contributed by atoms with Crippen LogP contribution in [0.15, 0.2) is 36.4 Å². The maximum absolute atomic E-state index is 14.1. The fourth-order valence-electron chi connectivity index (χ4n) is 5.08. The van der Waals surface area contributed by atoms with Gasteiger partial charge in [0, 0.05) is 12.1 Å². The summed E-state index contributed by atoms with van der Waals surface area (Å²) >= 11 is 0. The van der Waals surface area contributed by atoms with Gasteiger partial charge in [0.05, 0.1) is 12.7 Å². The summed E-state index contributed by atoms with van der Waals surface area (Å²) in [5.74, 6) is -1.90. The second kappa shape index (κ2) is 11.9. The fourth-order valence-corrected chi connectivity index (χ4v) is 5.08. The maximum atomic E-state index is 14.1. The van der Waals surface area contributed by atoms with Crippen LogP contribution in [0.25, 0.3) is 0 Å². The zero-order chi connectivity index (χ0) is 30.5. The molecule has 15 heteroatoms. The number of carbonyl (C=O) groups excluding carboxylic acids is 1. The van der Waals surface area contributed by atoms with Crippen LogP contribution in [0.4, 0.5) is 0 Å². The van der Waals surface area contributed by atoms with Crippen LogP contribution in [0.1, 0.15) is 28.9 Å². The van der Waals surface area contributed by atoms with Crippen LogP contribution >= 0.6 is 0 Å². The molecule has 0 spiro atoms. The van der Waals surface area contributed by atoms with Crippen molar-refractivity contribution in [2.45, 2.75) is 80.5 Å². The number of ether oxygens (including phenoxy) is 5. The van der Waals surface area contributed by atoms with Gasteiger partial charge in [-0.05, 0) is 24.6 Å². The predicted molar refractivity (Wildman–Crippen MR) is 136 cm³/mol. The van der Waals surface area contributed by atoms with E-state index in [-0.39, 0.29) is 22.8 Å². The third-order valence-corrected chi connectivity index (χ3v) is 7.49. The zero-order valence-electron chi connectivity index (χ0n) is 22.1. The van der Waals surface area contributed by atoms with Crippen molar-refractivity contribution in [2.24, 2.45) is 0 Å². The zero-order valence-corrected chi connectivity index (χ0v) is 22.1. The van der Waals surface area contributed by atoms with E-state index in [1.54, 1.807) is 0 Å². The number of Topliss-reactive ketones (excluding diaryl/α,β-unsaturated/α-hetero) is 1. The van der Waals surface area contributed by atoms with Crippen LogP contribution < -0.4 is 9.47 Å². The second-order valence-electron chi connectivity index (χ2n) is 10.4. The molecule has 2 aromatic rings. The molecule has 2 fully saturated rings. The summed E-state index contributed by atoms with van der Waals surface area (Å²) in [6.07, 6.45) is -18.6. The maximum Gasteiger partial charge on any atom is 0.229 e. The van der Waals surface area contributed by atoms with Crippen LogP contribution in [-0.4, -0.2) is 126 Å². The van der Waals surface area contributed by atoms with Crippen molar-refractivity contribution < 1.29 is 74.4 Å². The summed E-state index contributed by atoms with van der Waals surface area (Å²) in [5, 5.41) is 91.2. The van der Waals surface area contributed by atoms with E-state index in [0.29, 0.717) is 5.56 Å². The molecule has 0 aromatic heterocycles. The van der Waals surface area contributed by atoms with Crippen LogP contribution in [0, 0.1) is 0 Å². The van der Waals surface area contributed by atoms with Gasteiger partial charge in [-0.2, -0.15) is 0 Å². The molecule has 15 nitrogen and oxygen atoms in total. The van der Waals surface area contributed by atoms with Crippen molar-refractivity contribution in [3.63, 3.8) is 0 Å². The van der Waals surface area contributed by atoms with Crippen LogP contribution in [0.3, 0.4) is 0 Å². The van der Waals surface area contributed by atoms with Crippen molar-refractivity contribution >= 4 is 5.78 Å². The number of aliphatic hydroxyl groups excluding tert-OH is 7. The van der Waals surface area contributed by atoms with E-state index in [1.165, 1.54) is 31.2 Å². The van der Waals surface area contributed by atoms with Crippen LogP contribution in [0.5, 0.6) is 23.0 Å². The topological polar surface area (TPSA) is 245 Å². The molecule has 2 aromatic carbocycles. The highest BCUT2D eigenvalue weighted by Crippen LogP contribution is 2.45. The van der Waals surface area contributed by atoms with E-state index < -0.39 is 91.8 Å². The quantitative estimate of drug-likeness (QED) is 0.172. The van der Waals surface area contributed by atoms with Crippen LogP contribution in [-0.2, 0) is 14.2 Å². The van der Waals surface area contributed by atoms with E-state index in [9.17, 15) is 50.8 Å².